The van der Waals surface area contributed by atoms with E-state index in [1.165, 1.54) is 39.5 Å². The van der Waals surface area contributed by atoms with Gasteiger partial charge in [0.2, 0.25) is 10.0 Å². The van der Waals surface area contributed by atoms with Crippen LogP contribution in [0.15, 0.2) is 52.1 Å². The summed E-state index contributed by atoms with van der Waals surface area (Å²) >= 11 is 0. The first-order valence-electron chi connectivity index (χ1n) is 10.7. The van der Waals surface area contributed by atoms with Crippen molar-refractivity contribution in [1.29, 1.82) is 0 Å². The standard InChI is InChI=1S/C22H25N5O8S2/c1-32-16-5-6-20(17(9-16)33-2)37(30,31)26-22-21-18(34-3)7-14(8-19(21)35-25-22)12-27-13-15(10-23-27)11-24-36(4,28)29/h5-10,13,24H,11-12H2,1-4H3,(H,25,26). The molecule has 0 bridgehead atoms. The Balaban J connectivity index is 1.61. The summed E-state index contributed by atoms with van der Waals surface area (Å²) in [6.07, 6.45) is 4.35. The van der Waals surface area contributed by atoms with Gasteiger partial charge in [-0.3, -0.25) is 9.40 Å². The molecule has 37 heavy (non-hydrogen) atoms. The Morgan fingerprint density at radius 1 is 0.973 bits per heavy atom. The summed E-state index contributed by atoms with van der Waals surface area (Å²) in [6, 6.07) is 7.72. The zero-order valence-corrected chi connectivity index (χ0v) is 22.0. The van der Waals surface area contributed by atoms with Crippen LogP contribution in [0.4, 0.5) is 5.82 Å². The van der Waals surface area contributed by atoms with Gasteiger partial charge in [-0.25, -0.2) is 21.6 Å². The third-order valence-corrected chi connectivity index (χ3v) is 7.33. The van der Waals surface area contributed by atoms with Crippen LogP contribution < -0.4 is 23.7 Å². The van der Waals surface area contributed by atoms with Crippen LogP contribution in [0.3, 0.4) is 0 Å². The Labute approximate surface area is 213 Å². The zero-order valence-electron chi connectivity index (χ0n) is 20.4. The van der Waals surface area contributed by atoms with Crippen molar-refractivity contribution >= 4 is 36.8 Å². The van der Waals surface area contributed by atoms with E-state index in [0.29, 0.717) is 34.6 Å². The van der Waals surface area contributed by atoms with Crippen LogP contribution in [0, 0.1) is 0 Å². The molecule has 0 atom stereocenters. The maximum absolute atomic E-state index is 13.1. The SMILES string of the molecule is COc1ccc(S(=O)(=O)Nc2noc3cc(Cn4cc(CNS(C)(=O)=O)cn4)cc(OC)c23)c(OC)c1. The van der Waals surface area contributed by atoms with Gasteiger partial charge in [0, 0.05) is 24.4 Å². The Bertz CT molecular complexity index is 1640. The van der Waals surface area contributed by atoms with E-state index in [9.17, 15) is 16.8 Å². The molecule has 13 nitrogen and oxygen atoms in total. The molecule has 0 radical (unpaired) electrons. The normalized spacial score (nSPS) is 12.0. The molecular weight excluding hydrogens is 526 g/mol. The van der Waals surface area contributed by atoms with Crippen LogP contribution in [0.2, 0.25) is 0 Å². The molecule has 0 saturated heterocycles. The molecule has 4 rings (SSSR count). The van der Waals surface area contributed by atoms with Crippen molar-refractivity contribution < 1.29 is 35.6 Å². The highest BCUT2D eigenvalue weighted by atomic mass is 32.2. The maximum Gasteiger partial charge on any atom is 0.266 e. The number of hydrogen-bond donors (Lipinski definition) is 2. The summed E-state index contributed by atoms with van der Waals surface area (Å²) in [4.78, 5) is -0.109. The van der Waals surface area contributed by atoms with Crippen molar-refractivity contribution in [3.63, 3.8) is 0 Å². The van der Waals surface area contributed by atoms with E-state index in [1.807, 2.05) is 0 Å². The number of methoxy groups -OCH3 is 3. The first-order valence-corrected chi connectivity index (χ1v) is 14.1. The Kier molecular flexibility index (Phi) is 7.29. The molecule has 0 unspecified atom stereocenters. The predicted octanol–water partition coefficient (Wildman–Crippen LogP) is 1.95. The predicted molar refractivity (Wildman–Crippen MR) is 134 cm³/mol. The number of nitrogens with zero attached hydrogens (tertiary/aromatic N) is 3. The van der Waals surface area contributed by atoms with E-state index in [1.54, 1.807) is 29.2 Å². The lowest BCUT2D eigenvalue weighted by molar-refractivity contribution is 0.386. The fourth-order valence-electron chi connectivity index (χ4n) is 3.58. The van der Waals surface area contributed by atoms with E-state index < -0.39 is 20.0 Å². The molecule has 0 saturated carbocycles. The van der Waals surface area contributed by atoms with Gasteiger partial charge in [-0.15, -0.1) is 0 Å². The second-order valence-electron chi connectivity index (χ2n) is 7.96. The molecule has 2 aromatic carbocycles. The summed E-state index contributed by atoms with van der Waals surface area (Å²) in [5.74, 6) is 0.816. The fraction of sp³-hybridized carbons (Fsp3) is 0.273. The molecule has 15 heteroatoms. The Morgan fingerprint density at radius 2 is 1.73 bits per heavy atom. The van der Waals surface area contributed by atoms with Crippen LogP contribution in [0.5, 0.6) is 17.2 Å². The minimum Gasteiger partial charge on any atom is -0.497 e. The summed E-state index contributed by atoms with van der Waals surface area (Å²) in [7, 11) is -3.17. The van der Waals surface area contributed by atoms with Crippen molar-refractivity contribution in [3.05, 3.63) is 53.9 Å². The largest absolute Gasteiger partial charge is 0.497 e. The lowest BCUT2D eigenvalue weighted by Crippen LogP contribution is -2.20. The number of hydrogen-bond acceptors (Lipinski definition) is 10. The highest BCUT2D eigenvalue weighted by Crippen LogP contribution is 2.36. The lowest BCUT2D eigenvalue weighted by Gasteiger charge is -2.12. The van der Waals surface area contributed by atoms with Crippen molar-refractivity contribution in [3.8, 4) is 17.2 Å². The summed E-state index contributed by atoms with van der Waals surface area (Å²) in [5.41, 5.74) is 1.71. The van der Waals surface area contributed by atoms with Gasteiger partial charge in [-0.1, -0.05) is 5.16 Å². The van der Waals surface area contributed by atoms with Gasteiger partial charge >= 0.3 is 0 Å². The van der Waals surface area contributed by atoms with E-state index in [0.717, 1.165) is 11.8 Å². The highest BCUT2D eigenvalue weighted by molar-refractivity contribution is 7.92. The average Bonchev–Trinajstić information content (AvgIpc) is 3.47. The maximum atomic E-state index is 13.1. The minimum absolute atomic E-state index is 0.0514. The molecule has 0 aliphatic carbocycles. The van der Waals surface area contributed by atoms with Crippen LogP contribution in [-0.2, 0) is 33.1 Å². The number of ether oxygens (including phenoxy) is 3. The van der Waals surface area contributed by atoms with Crippen molar-refractivity contribution in [2.45, 2.75) is 18.0 Å². The highest BCUT2D eigenvalue weighted by Gasteiger charge is 2.25. The van der Waals surface area contributed by atoms with Crippen LogP contribution in [0.1, 0.15) is 11.1 Å². The molecule has 198 valence electrons. The van der Waals surface area contributed by atoms with Crippen LogP contribution in [0.25, 0.3) is 11.0 Å². The number of sulfonamides is 2. The van der Waals surface area contributed by atoms with Gasteiger partial charge in [0.25, 0.3) is 10.0 Å². The third-order valence-electron chi connectivity index (χ3n) is 5.28. The zero-order chi connectivity index (χ0) is 26.8. The van der Waals surface area contributed by atoms with E-state index in [-0.39, 0.29) is 23.0 Å². The van der Waals surface area contributed by atoms with Gasteiger partial charge in [0.1, 0.15) is 27.5 Å². The number of rotatable bonds is 11. The van der Waals surface area contributed by atoms with Gasteiger partial charge in [0.05, 0.1) is 40.3 Å². The van der Waals surface area contributed by atoms with Crippen LogP contribution >= 0.6 is 0 Å². The van der Waals surface area contributed by atoms with Gasteiger partial charge < -0.3 is 18.7 Å². The van der Waals surface area contributed by atoms with E-state index >= 15 is 0 Å². The van der Waals surface area contributed by atoms with Gasteiger partial charge in [0.15, 0.2) is 11.4 Å². The Hall–Kier alpha value is -3.82. The number of fused-ring (bicyclic) bond motifs is 1. The fourth-order valence-corrected chi connectivity index (χ4v) is 5.16. The number of nitrogens with one attached hydrogen (secondary N) is 2. The molecule has 0 spiro atoms. The molecule has 4 aromatic rings. The molecule has 0 fully saturated rings. The molecule has 0 aliphatic rings. The average molecular weight is 552 g/mol. The van der Waals surface area contributed by atoms with E-state index in [2.05, 4.69) is 19.7 Å². The van der Waals surface area contributed by atoms with Gasteiger partial charge in [-0.2, -0.15) is 5.10 Å². The minimum atomic E-state index is -4.11. The number of benzene rings is 2. The third kappa shape index (κ3) is 5.95. The van der Waals surface area contributed by atoms with Crippen molar-refractivity contribution in [2.24, 2.45) is 0 Å². The monoisotopic (exact) mass is 551 g/mol. The lowest BCUT2D eigenvalue weighted by atomic mass is 10.1. The van der Waals surface area contributed by atoms with Crippen LogP contribution in [-0.4, -0.2) is 59.4 Å². The summed E-state index contributed by atoms with van der Waals surface area (Å²) < 4.78 is 76.6. The first-order chi connectivity index (χ1) is 17.5. The number of anilines is 1. The molecule has 0 aliphatic heterocycles. The Morgan fingerprint density at radius 3 is 2.41 bits per heavy atom. The molecule has 2 heterocycles. The van der Waals surface area contributed by atoms with E-state index in [4.69, 9.17) is 18.7 Å². The molecular formula is C22H25N5O8S2. The van der Waals surface area contributed by atoms with Crippen molar-refractivity contribution in [1.82, 2.24) is 19.7 Å². The number of aromatic nitrogens is 3. The second kappa shape index (κ2) is 10.3. The quantitative estimate of drug-likeness (QED) is 0.281. The topological polar surface area (TPSA) is 164 Å². The summed E-state index contributed by atoms with van der Waals surface area (Å²) in [5, 5.41) is 8.49. The summed E-state index contributed by atoms with van der Waals surface area (Å²) in [6.45, 7) is 0.432. The smallest absolute Gasteiger partial charge is 0.266 e. The second-order valence-corrected chi connectivity index (χ2v) is 11.4. The molecule has 2 aromatic heterocycles. The van der Waals surface area contributed by atoms with Crippen molar-refractivity contribution in [2.75, 3.05) is 32.3 Å². The molecule has 0 amide bonds. The first kappa shape index (κ1) is 26.2. The van der Waals surface area contributed by atoms with Gasteiger partial charge in [-0.05, 0) is 29.8 Å². The molecule has 2 N–H and O–H groups in total.